The average Bonchev–Trinajstić information content (AvgIpc) is 2.65. The zero-order valence-electron chi connectivity index (χ0n) is 9.83. The van der Waals surface area contributed by atoms with Crippen LogP contribution in [0.25, 0.3) is 16.8 Å². The number of rotatable bonds is 1. The van der Waals surface area contributed by atoms with Crippen molar-refractivity contribution in [3.8, 4) is 16.9 Å². The zero-order valence-corrected chi connectivity index (χ0v) is 9.83. The molecule has 3 rings (SSSR count). The van der Waals surface area contributed by atoms with Crippen LogP contribution in [-0.2, 0) is 0 Å². The third-order valence-corrected chi connectivity index (χ3v) is 2.87. The van der Waals surface area contributed by atoms with Crippen molar-refractivity contribution in [2.24, 2.45) is 0 Å². The minimum absolute atomic E-state index is 0.226. The maximum absolute atomic E-state index is 9.47. The number of nitrogens with zero attached hydrogens (tertiary/aromatic N) is 3. The minimum atomic E-state index is 0.226. The van der Waals surface area contributed by atoms with Gasteiger partial charge < -0.3 is 10.8 Å². The molecule has 0 fully saturated rings. The van der Waals surface area contributed by atoms with Crippen LogP contribution < -0.4 is 5.73 Å². The van der Waals surface area contributed by atoms with Gasteiger partial charge in [-0.3, -0.25) is 0 Å². The molecule has 0 amide bonds. The molecule has 3 aromatic rings. The summed E-state index contributed by atoms with van der Waals surface area (Å²) >= 11 is 0. The van der Waals surface area contributed by atoms with Crippen LogP contribution in [0.2, 0.25) is 0 Å². The first-order valence-electron chi connectivity index (χ1n) is 5.55. The van der Waals surface area contributed by atoms with Gasteiger partial charge in [-0.2, -0.15) is 5.10 Å². The molecule has 0 aliphatic heterocycles. The average molecular weight is 240 g/mol. The fourth-order valence-electron chi connectivity index (χ4n) is 1.90. The van der Waals surface area contributed by atoms with E-state index in [1.165, 1.54) is 0 Å². The van der Waals surface area contributed by atoms with Crippen molar-refractivity contribution in [2.75, 3.05) is 5.73 Å². The molecule has 3 N–H and O–H groups in total. The molecule has 5 heteroatoms. The molecule has 0 unspecified atom stereocenters. The van der Waals surface area contributed by atoms with Crippen molar-refractivity contribution in [1.29, 1.82) is 0 Å². The molecule has 0 bridgehead atoms. The van der Waals surface area contributed by atoms with Gasteiger partial charge in [0.2, 0.25) is 0 Å². The monoisotopic (exact) mass is 240 g/mol. The highest BCUT2D eigenvalue weighted by Gasteiger charge is 2.08. The van der Waals surface area contributed by atoms with E-state index in [9.17, 15) is 5.11 Å². The van der Waals surface area contributed by atoms with Crippen LogP contribution in [0.15, 0.2) is 36.7 Å². The molecule has 1 aromatic carbocycles. The van der Waals surface area contributed by atoms with Crippen LogP contribution >= 0.6 is 0 Å². The van der Waals surface area contributed by atoms with E-state index in [1.807, 2.05) is 19.2 Å². The number of hydrogen-bond donors (Lipinski definition) is 2. The van der Waals surface area contributed by atoms with E-state index in [2.05, 4.69) is 10.1 Å². The van der Waals surface area contributed by atoms with E-state index < -0.39 is 0 Å². The molecule has 90 valence electrons. The van der Waals surface area contributed by atoms with E-state index in [4.69, 9.17) is 5.73 Å². The summed E-state index contributed by atoms with van der Waals surface area (Å²) in [6.45, 7) is 1.85. The Kier molecular flexibility index (Phi) is 2.19. The van der Waals surface area contributed by atoms with Crippen molar-refractivity contribution >= 4 is 11.3 Å². The largest absolute Gasteiger partial charge is 0.508 e. The normalized spacial score (nSPS) is 10.9. The molecule has 18 heavy (non-hydrogen) atoms. The topological polar surface area (TPSA) is 76.4 Å². The quantitative estimate of drug-likeness (QED) is 0.682. The van der Waals surface area contributed by atoms with Crippen molar-refractivity contribution in [3.05, 3.63) is 42.4 Å². The number of nitrogen functional groups attached to an aromatic ring is 1. The Morgan fingerprint density at radius 3 is 2.89 bits per heavy atom. The van der Waals surface area contributed by atoms with Crippen molar-refractivity contribution < 1.29 is 5.11 Å². The fourth-order valence-corrected chi connectivity index (χ4v) is 1.90. The highest BCUT2D eigenvalue weighted by molar-refractivity contribution is 5.70. The van der Waals surface area contributed by atoms with Gasteiger partial charge in [-0.15, -0.1) is 0 Å². The summed E-state index contributed by atoms with van der Waals surface area (Å²) < 4.78 is 1.66. The first-order valence-corrected chi connectivity index (χ1v) is 5.55. The standard InChI is InChI=1S/C13H12N4O/c1-8-12(14)13-15-6-10(7-17(13)16-8)9-3-2-4-11(18)5-9/h2-7,18H,14H2,1H3. The molecule has 0 saturated carbocycles. The Balaban J connectivity index is 2.19. The number of hydrogen-bond acceptors (Lipinski definition) is 4. The molecule has 5 nitrogen and oxygen atoms in total. The highest BCUT2D eigenvalue weighted by Crippen LogP contribution is 2.24. The van der Waals surface area contributed by atoms with Crippen molar-refractivity contribution in [3.63, 3.8) is 0 Å². The smallest absolute Gasteiger partial charge is 0.178 e. The number of benzene rings is 1. The Bertz CT molecular complexity index is 733. The van der Waals surface area contributed by atoms with E-state index >= 15 is 0 Å². The third-order valence-electron chi connectivity index (χ3n) is 2.87. The number of phenols is 1. The number of nitrogens with two attached hydrogens (primary N) is 1. The first kappa shape index (κ1) is 10.6. The molecular weight excluding hydrogens is 228 g/mol. The Hall–Kier alpha value is -2.56. The van der Waals surface area contributed by atoms with E-state index in [0.717, 1.165) is 16.8 Å². The maximum Gasteiger partial charge on any atom is 0.178 e. The Labute approximate surface area is 104 Å². The molecule has 0 atom stereocenters. The first-order chi connectivity index (χ1) is 8.65. The summed E-state index contributed by atoms with van der Waals surface area (Å²) in [5, 5.41) is 13.8. The van der Waals surface area contributed by atoms with Gasteiger partial charge in [0, 0.05) is 18.0 Å². The number of fused-ring (bicyclic) bond motifs is 1. The van der Waals surface area contributed by atoms with Crippen LogP contribution in [0.4, 0.5) is 5.69 Å². The molecule has 0 spiro atoms. The van der Waals surface area contributed by atoms with E-state index in [-0.39, 0.29) is 5.75 Å². The van der Waals surface area contributed by atoms with Gasteiger partial charge in [0.05, 0.1) is 5.69 Å². The van der Waals surface area contributed by atoms with Crippen LogP contribution in [0.3, 0.4) is 0 Å². The number of aryl methyl sites for hydroxylation is 1. The van der Waals surface area contributed by atoms with Gasteiger partial charge in [-0.1, -0.05) is 12.1 Å². The summed E-state index contributed by atoms with van der Waals surface area (Å²) in [5.74, 6) is 0.226. The summed E-state index contributed by atoms with van der Waals surface area (Å²) in [5.41, 5.74) is 9.63. The second-order valence-electron chi connectivity index (χ2n) is 4.16. The van der Waals surface area contributed by atoms with Crippen LogP contribution in [0.5, 0.6) is 5.75 Å². The summed E-state index contributed by atoms with van der Waals surface area (Å²) in [6.07, 6.45) is 3.57. The number of aromatic nitrogens is 3. The molecule has 0 aliphatic rings. The molecule has 2 aromatic heterocycles. The number of anilines is 1. The lowest BCUT2D eigenvalue weighted by Gasteiger charge is -2.02. The summed E-state index contributed by atoms with van der Waals surface area (Å²) in [6, 6.07) is 7.01. The second-order valence-corrected chi connectivity index (χ2v) is 4.16. The lowest BCUT2D eigenvalue weighted by molar-refractivity contribution is 0.475. The molecule has 0 saturated heterocycles. The SMILES string of the molecule is Cc1nn2cc(-c3cccc(O)c3)cnc2c1N. The molecular formula is C13H12N4O. The summed E-state index contributed by atoms with van der Waals surface area (Å²) in [4.78, 5) is 4.30. The highest BCUT2D eigenvalue weighted by atomic mass is 16.3. The second kappa shape index (κ2) is 3.73. The van der Waals surface area contributed by atoms with Crippen LogP contribution in [0, 0.1) is 6.92 Å². The Morgan fingerprint density at radius 1 is 1.28 bits per heavy atom. The van der Waals surface area contributed by atoms with Gasteiger partial charge in [0.1, 0.15) is 11.4 Å². The number of phenolic OH excluding ortho intramolecular Hbond substituents is 1. The lowest BCUT2D eigenvalue weighted by Crippen LogP contribution is -1.93. The van der Waals surface area contributed by atoms with Gasteiger partial charge in [-0.25, -0.2) is 9.50 Å². The maximum atomic E-state index is 9.47. The number of aromatic hydroxyl groups is 1. The van der Waals surface area contributed by atoms with Crippen LogP contribution in [-0.4, -0.2) is 19.7 Å². The molecule has 0 aliphatic carbocycles. The predicted molar refractivity (Wildman–Crippen MR) is 69.2 cm³/mol. The van der Waals surface area contributed by atoms with Gasteiger partial charge >= 0.3 is 0 Å². The van der Waals surface area contributed by atoms with Crippen molar-refractivity contribution in [1.82, 2.24) is 14.6 Å². The third kappa shape index (κ3) is 1.57. The van der Waals surface area contributed by atoms with Gasteiger partial charge in [0.15, 0.2) is 5.65 Å². The molecule has 0 radical (unpaired) electrons. The van der Waals surface area contributed by atoms with Gasteiger partial charge in [-0.05, 0) is 24.6 Å². The van der Waals surface area contributed by atoms with Crippen LogP contribution in [0.1, 0.15) is 5.69 Å². The minimum Gasteiger partial charge on any atom is -0.508 e. The zero-order chi connectivity index (χ0) is 12.7. The van der Waals surface area contributed by atoms with E-state index in [0.29, 0.717) is 11.3 Å². The molecule has 2 heterocycles. The summed E-state index contributed by atoms with van der Waals surface area (Å²) in [7, 11) is 0. The fraction of sp³-hybridized carbons (Fsp3) is 0.0769. The predicted octanol–water partition coefficient (Wildman–Crippen LogP) is 1.99. The van der Waals surface area contributed by atoms with Crippen molar-refractivity contribution in [2.45, 2.75) is 6.92 Å². The Morgan fingerprint density at radius 2 is 2.11 bits per heavy atom. The van der Waals surface area contributed by atoms with Gasteiger partial charge in [0.25, 0.3) is 0 Å². The lowest BCUT2D eigenvalue weighted by atomic mass is 10.1. The van der Waals surface area contributed by atoms with E-state index in [1.54, 1.807) is 28.9 Å².